The Morgan fingerprint density at radius 3 is 1.57 bits per heavy atom. The van der Waals surface area contributed by atoms with Gasteiger partial charge in [-0.2, -0.15) is 0 Å². The SMILES string of the molecule is C1CCNC1.[BH4-].[Li+]. The zero-order valence-corrected chi connectivity index (χ0v) is 4.33. The topological polar surface area (TPSA) is 12.0 Å². The molecule has 1 aliphatic heterocycles. The second kappa shape index (κ2) is 6.62. The molecule has 3 heteroatoms. The Kier molecular flexibility index (Phi) is 10.0. The van der Waals surface area contributed by atoms with E-state index in [0.29, 0.717) is 0 Å². The second-order valence-corrected chi connectivity index (χ2v) is 1.46. The van der Waals surface area contributed by atoms with E-state index in [2.05, 4.69) is 5.32 Å². The summed E-state index contributed by atoms with van der Waals surface area (Å²) in [5, 5.41) is 3.22. The molecule has 1 fully saturated rings. The van der Waals surface area contributed by atoms with Crippen LogP contribution in [0, 0.1) is 0 Å². The minimum atomic E-state index is 0. The Morgan fingerprint density at radius 1 is 1.00 bits per heavy atom. The number of rotatable bonds is 0. The average Bonchev–Trinajstić information content (AvgIpc) is 1.76. The summed E-state index contributed by atoms with van der Waals surface area (Å²) in [6.45, 7) is 2.50. The van der Waals surface area contributed by atoms with Crippen LogP contribution in [0.2, 0.25) is 0 Å². The van der Waals surface area contributed by atoms with Gasteiger partial charge in [0.2, 0.25) is 0 Å². The monoisotopic (exact) mass is 93.1 g/mol. The summed E-state index contributed by atoms with van der Waals surface area (Å²) in [7, 11) is 0. The van der Waals surface area contributed by atoms with E-state index in [0.717, 1.165) is 0 Å². The molecule has 7 heavy (non-hydrogen) atoms. The largest absolute Gasteiger partial charge is 1.00 e. The molecule has 1 heterocycles. The molecule has 1 rings (SSSR count). The molecule has 38 valence electrons. The summed E-state index contributed by atoms with van der Waals surface area (Å²) in [5.74, 6) is 0. The van der Waals surface area contributed by atoms with E-state index < -0.39 is 0 Å². The van der Waals surface area contributed by atoms with Crippen molar-refractivity contribution in [3.63, 3.8) is 0 Å². The van der Waals surface area contributed by atoms with Crippen LogP contribution in [0.3, 0.4) is 0 Å². The smallest absolute Gasteiger partial charge is 0.317 e. The van der Waals surface area contributed by atoms with Crippen molar-refractivity contribution >= 4 is 8.41 Å². The van der Waals surface area contributed by atoms with Crippen LogP contribution in [0.1, 0.15) is 12.8 Å². The number of hydrogen-bond donors (Lipinski definition) is 1. The van der Waals surface area contributed by atoms with E-state index in [1.165, 1.54) is 25.9 Å². The molecule has 0 aliphatic carbocycles. The Balaban J connectivity index is 0. The van der Waals surface area contributed by atoms with E-state index in [-0.39, 0.29) is 27.3 Å². The first-order valence-corrected chi connectivity index (χ1v) is 2.21. The quantitative estimate of drug-likeness (QED) is 0.300. The van der Waals surface area contributed by atoms with Crippen molar-refractivity contribution < 1.29 is 18.9 Å². The molecule has 0 amide bonds. The van der Waals surface area contributed by atoms with E-state index in [9.17, 15) is 0 Å². The maximum absolute atomic E-state index is 3.22. The first-order chi connectivity index (χ1) is 2.50. The Hall–Kier alpha value is 0.622. The van der Waals surface area contributed by atoms with Crippen molar-refractivity contribution in [2.24, 2.45) is 0 Å². The van der Waals surface area contributed by atoms with E-state index in [1.54, 1.807) is 0 Å². The van der Waals surface area contributed by atoms with Gasteiger partial charge in [-0.15, -0.1) is 0 Å². The van der Waals surface area contributed by atoms with Crippen LogP contribution in [-0.2, 0) is 0 Å². The molecule has 0 aromatic rings. The molecule has 0 unspecified atom stereocenters. The van der Waals surface area contributed by atoms with Gasteiger partial charge in [-0.25, -0.2) is 0 Å². The minimum Gasteiger partial charge on any atom is -0.317 e. The molecule has 0 radical (unpaired) electrons. The first kappa shape index (κ1) is 10.6. The van der Waals surface area contributed by atoms with Crippen LogP contribution < -0.4 is 24.2 Å². The summed E-state index contributed by atoms with van der Waals surface area (Å²) in [4.78, 5) is 0. The fourth-order valence-corrected chi connectivity index (χ4v) is 0.625. The summed E-state index contributed by atoms with van der Waals surface area (Å²) < 4.78 is 0. The zero-order valence-electron chi connectivity index (χ0n) is 4.33. The molecule has 0 spiro atoms. The van der Waals surface area contributed by atoms with Gasteiger partial charge >= 0.3 is 18.9 Å². The van der Waals surface area contributed by atoms with Crippen LogP contribution >= 0.6 is 0 Å². The molecule has 0 aromatic heterocycles. The van der Waals surface area contributed by atoms with Gasteiger partial charge in [0, 0.05) is 0 Å². The van der Waals surface area contributed by atoms with Gasteiger partial charge in [0.15, 0.2) is 0 Å². The number of nitrogens with one attached hydrogen (secondary N) is 1. The van der Waals surface area contributed by atoms with Crippen molar-refractivity contribution in [2.75, 3.05) is 13.1 Å². The molecule has 1 aliphatic rings. The maximum atomic E-state index is 3.22. The molecule has 1 nitrogen and oxygen atoms in total. The standard InChI is InChI=1S/C4H9N.BH4.Li/c1-2-4-5-3-1;;/h5H,1-4H2;1H4;/q;-1;+1. The van der Waals surface area contributed by atoms with E-state index in [4.69, 9.17) is 0 Å². The van der Waals surface area contributed by atoms with Gasteiger partial charge in [0.05, 0.1) is 0 Å². The summed E-state index contributed by atoms with van der Waals surface area (Å²) >= 11 is 0. The molecule has 0 atom stereocenters. The predicted octanol–water partition coefficient (Wildman–Crippen LogP) is -4.08. The second-order valence-electron chi connectivity index (χ2n) is 1.46. The normalized spacial score (nSPS) is 17.1. The predicted molar refractivity (Wildman–Crippen MR) is 33.4 cm³/mol. The van der Waals surface area contributed by atoms with Gasteiger partial charge in [-0.3, -0.25) is 0 Å². The van der Waals surface area contributed by atoms with E-state index in [1.807, 2.05) is 0 Å². The fourth-order valence-electron chi connectivity index (χ4n) is 0.625. The van der Waals surface area contributed by atoms with Crippen LogP contribution in [0.4, 0.5) is 0 Å². The summed E-state index contributed by atoms with van der Waals surface area (Å²) in [5.41, 5.74) is 0. The third-order valence-electron chi connectivity index (χ3n) is 0.957. The van der Waals surface area contributed by atoms with Crippen LogP contribution in [0.15, 0.2) is 0 Å². The fraction of sp³-hybridized carbons (Fsp3) is 1.00. The Morgan fingerprint density at radius 2 is 1.43 bits per heavy atom. The molecule has 0 aromatic carbocycles. The van der Waals surface area contributed by atoms with Gasteiger partial charge in [-0.05, 0) is 25.9 Å². The van der Waals surface area contributed by atoms with Gasteiger partial charge in [-0.1, -0.05) is 8.41 Å². The maximum Gasteiger partial charge on any atom is 1.00 e. The molecular weight excluding hydrogens is 79.8 g/mol. The van der Waals surface area contributed by atoms with Crippen LogP contribution in [-0.4, -0.2) is 21.5 Å². The Bertz CT molecular complexity index is 23.3. The molecular formula is C4H13BLiN. The van der Waals surface area contributed by atoms with Gasteiger partial charge < -0.3 is 5.32 Å². The molecule has 0 saturated carbocycles. The first-order valence-electron chi connectivity index (χ1n) is 2.21. The Labute approximate surface area is 59.0 Å². The summed E-state index contributed by atoms with van der Waals surface area (Å²) in [6.07, 6.45) is 2.78. The molecule has 1 N–H and O–H groups in total. The van der Waals surface area contributed by atoms with Crippen molar-refractivity contribution in [2.45, 2.75) is 12.8 Å². The van der Waals surface area contributed by atoms with Crippen LogP contribution in [0.5, 0.6) is 0 Å². The minimum absolute atomic E-state index is 0. The van der Waals surface area contributed by atoms with Gasteiger partial charge in [0.25, 0.3) is 0 Å². The molecule has 0 bridgehead atoms. The number of hydrogen-bond acceptors (Lipinski definition) is 1. The third-order valence-corrected chi connectivity index (χ3v) is 0.957. The van der Waals surface area contributed by atoms with Gasteiger partial charge in [0.1, 0.15) is 0 Å². The van der Waals surface area contributed by atoms with Crippen molar-refractivity contribution in [1.29, 1.82) is 0 Å². The van der Waals surface area contributed by atoms with Crippen molar-refractivity contribution in [1.82, 2.24) is 5.32 Å². The average molecular weight is 92.9 g/mol. The third kappa shape index (κ3) is 4.48. The zero-order chi connectivity index (χ0) is 3.54. The van der Waals surface area contributed by atoms with E-state index >= 15 is 0 Å². The van der Waals surface area contributed by atoms with Crippen molar-refractivity contribution in [3.05, 3.63) is 0 Å². The summed E-state index contributed by atoms with van der Waals surface area (Å²) in [6, 6.07) is 0. The molecule has 1 saturated heterocycles. The van der Waals surface area contributed by atoms with Crippen molar-refractivity contribution in [3.8, 4) is 0 Å². The van der Waals surface area contributed by atoms with Crippen LogP contribution in [0.25, 0.3) is 0 Å².